The van der Waals surface area contributed by atoms with Crippen LogP contribution in [-0.4, -0.2) is 94.6 Å². The first-order valence-electron chi connectivity index (χ1n) is 13.8. The Morgan fingerprint density at radius 1 is 1.07 bits per heavy atom. The average molecular weight is 578 g/mol. The maximum Gasteiger partial charge on any atom is 0.237 e. The molecule has 0 aliphatic carbocycles. The zero-order chi connectivity index (χ0) is 28.7. The smallest absolute Gasteiger partial charge is 0.237 e. The number of ether oxygens (including phenoxy) is 2. The van der Waals surface area contributed by atoms with Crippen molar-refractivity contribution >= 4 is 44.4 Å². The molecule has 2 aliphatic rings. The highest BCUT2D eigenvalue weighted by molar-refractivity contribution is 7.22. The summed E-state index contributed by atoms with van der Waals surface area (Å²) in [5.74, 6) is 1.53. The molecule has 0 saturated carbocycles. The molecule has 5 heterocycles. The molecule has 1 aromatic carbocycles. The Morgan fingerprint density at radius 3 is 2.68 bits per heavy atom. The Kier molecular flexibility index (Phi) is 7.64. The van der Waals surface area contributed by atoms with Crippen LogP contribution in [0.2, 0.25) is 0 Å². The number of likely N-dealkylation sites (tertiary alicyclic amines) is 1. The van der Waals surface area contributed by atoms with E-state index in [9.17, 15) is 9.59 Å². The number of aryl methyl sites for hydroxylation is 1. The lowest BCUT2D eigenvalue weighted by Crippen LogP contribution is -2.54. The van der Waals surface area contributed by atoms with Gasteiger partial charge in [0.05, 0.1) is 43.9 Å². The maximum absolute atomic E-state index is 13.2. The number of carbonyl (C=O) groups is 2. The minimum absolute atomic E-state index is 0.0600. The summed E-state index contributed by atoms with van der Waals surface area (Å²) in [6.07, 6.45) is 2.96. The Balaban J connectivity index is 1.34. The Hall–Kier alpha value is -3.58. The van der Waals surface area contributed by atoms with E-state index >= 15 is 0 Å². The fourth-order valence-corrected chi connectivity index (χ4v) is 7.22. The topological polar surface area (TPSA) is 119 Å². The van der Waals surface area contributed by atoms with Gasteiger partial charge in [-0.15, -0.1) is 11.3 Å². The van der Waals surface area contributed by atoms with Crippen molar-refractivity contribution in [2.24, 2.45) is 0 Å². The Labute approximate surface area is 242 Å². The lowest BCUT2D eigenvalue weighted by Gasteiger charge is -2.38. The van der Waals surface area contributed by atoms with Crippen LogP contribution in [0.15, 0.2) is 24.5 Å². The average Bonchev–Trinajstić information content (AvgIpc) is 3.50. The number of fused-ring (bicyclic) bond motifs is 2. The molecule has 0 unspecified atom stereocenters. The van der Waals surface area contributed by atoms with E-state index in [2.05, 4.69) is 38.9 Å². The summed E-state index contributed by atoms with van der Waals surface area (Å²) in [5, 5.41) is 5.70. The van der Waals surface area contributed by atoms with E-state index in [4.69, 9.17) is 15.2 Å². The summed E-state index contributed by atoms with van der Waals surface area (Å²) in [7, 11) is 3.37. The van der Waals surface area contributed by atoms with Gasteiger partial charge in [-0.2, -0.15) is 5.10 Å². The molecule has 0 atom stereocenters. The number of hydrogen-bond donors (Lipinski definition) is 1. The molecule has 12 heteroatoms. The number of aromatic nitrogens is 3. The maximum atomic E-state index is 13.2. The van der Waals surface area contributed by atoms with Crippen LogP contribution in [-0.2, 0) is 27.5 Å². The van der Waals surface area contributed by atoms with Crippen LogP contribution in [0, 0.1) is 6.92 Å². The first-order valence-corrected chi connectivity index (χ1v) is 14.6. The zero-order valence-corrected chi connectivity index (χ0v) is 24.5. The van der Waals surface area contributed by atoms with Crippen molar-refractivity contribution in [1.29, 1.82) is 0 Å². The summed E-state index contributed by atoms with van der Waals surface area (Å²) >= 11 is 1.64. The fourth-order valence-electron chi connectivity index (χ4n) is 6.01. The number of carbonyl (C=O) groups excluding carboxylic acids is 2. The SMILES string of the molecule is COCc1c(-c2cc3cc(C)cc(OC)c3s2)c2c(N)ncnn2c1CN1CCN(CN2CCCC(=O)C2)C(=O)C1. The van der Waals surface area contributed by atoms with Gasteiger partial charge in [0.1, 0.15) is 23.4 Å². The molecule has 6 rings (SSSR count). The second-order valence-corrected chi connectivity index (χ2v) is 11.9. The number of hydrogen-bond acceptors (Lipinski definition) is 10. The predicted octanol–water partition coefficient (Wildman–Crippen LogP) is 2.92. The summed E-state index contributed by atoms with van der Waals surface area (Å²) in [6.45, 7) is 6.30. The van der Waals surface area contributed by atoms with Crippen molar-refractivity contribution in [1.82, 2.24) is 29.3 Å². The summed E-state index contributed by atoms with van der Waals surface area (Å²) < 4.78 is 14.3. The van der Waals surface area contributed by atoms with E-state index in [-0.39, 0.29) is 18.2 Å². The van der Waals surface area contributed by atoms with Crippen LogP contribution in [0.4, 0.5) is 5.82 Å². The van der Waals surface area contributed by atoms with Crippen molar-refractivity contribution in [3.05, 3.63) is 41.3 Å². The van der Waals surface area contributed by atoms with Crippen LogP contribution >= 0.6 is 11.3 Å². The van der Waals surface area contributed by atoms with Crippen molar-refractivity contribution in [3.63, 3.8) is 0 Å². The van der Waals surface area contributed by atoms with E-state index < -0.39 is 0 Å². The van der Waals surface area contributed by atoms with Crippen molar-refractivity contribution < 1.29 is 19.1 Å². The number of methoxy groups -OCH3 is 2. The second-order valence-electron chi connectivity index (χ2n) is 10.8. The lowest BCUT2D eigenvalue weighted by molar-refractivity contribution is -0.140. The fraction of sp³-hybridized carbons (Fsp3) is 0.448. The number of nitrogens with two attached hydrogens (primary N) is 1. The van der Waals surface area contributed by atoms with Gasteiger partial charge in [-0.3, -0.25) is 19.4 Å². The molecule has 2 aliphatic heterocycles. The van der Waals surface area contributed by atoms with E-state index in [1.165, 1.54) is 6.33 Å². The van der Waals surface area contributed by atoms with Gasteiger partial charge in [-0.05, 0) is 36.4 Å². The van der Waals surface area contributed by atoms with Gasteiger partial charge >= 0.3 is 0 Å². The molecule has 2 saturated heterocycles. The minimum Gasteiger partial charge on any atom is -0.495 e. The van der Waals surface area contributed by atoms with Gasteiger partial charge in [0.25, 0.3) is 0 Å². The highest BCUT2D eigenvalue weighted by Gasteiger charge is 2.30. The number of nitrogens with zero attached hydrogens (tertiary/aromatic N) is 6. The molecular weight excluding hydrogens is 542 g/mol. The number of thiophene rings is 1. The number of Topliss-reactive ketones (excluding diaryl/α,β-unsaturated/α-hetero) is 1. The van der Waals surface area contributed by atoms with Crippen LogP contribution in [0.25, 0.3) is 26.0 Å². The molecule has 11 nitrogen and oxygen atoms in total. The highest BCUT2D eigenvalue weighted by atomic mass is 32.1. The quantitative estimate of drug-likeness (QED) is 0.337. The van der Waals surface area contributed by atoms with Gasteiger partial charge in [0.2, 0.25) is 5.91 Å². The summed E-state index contributed by atoms with van der Waals surface area (Å²) in [5.41, 5.74) is 11.2. The van der Waals surface area contributed by atoms with Gasteiger partial charge in [0, 0.05) is 55.7 Å². The molecule has 0 bridgehead atoms. The predicted molar refractivity (Wildman–Crippen MR) is 158 cm³/mol. The number of amides is 1. The zero-order valence-electron chi connectivity index (χ0n) is 23.7. The molecule has 4 aromatic rings. The lowest BCUT2D eigenvalue weighted by atomic mass is 10.1. The van der Waals surface area contributed by atoms with Gasteiger partial charge in [-0.1, -0.05) is 6.07 Å². The van der Waals surface area contributed by atoms with Crippen LogP contribution in [0.5, 0.6) is 5.75 Å². The minimum atomic E-state index is 0.0600. The molecule has 0 radical (unpaired) electrons. The molecule has 0 spiro atoms. The number of ketones is 1. The molecule has 2 N–H and O–H groups in total. The molecule has 3 aromatic heterocycles. The van der Waals surface area contributed by atoms with Gasteiger partial charge in [0.15, 0.2) is 5.82 Å². The monoisotopic (exact) mass is 577 g/mol. The number of piperidine rings is 1. The third-order valence-electron chi connectivity index (χ3n) is 7.91. The van der Waals surface area contributed by atoms with Gasteiger partial charge < -0.3 is 20.1 Å². The second kappa shape index (κ2) is 11.4. The first kappa shape index (κ1) is 27.6. The van der Waals surface area contributed by atoms with Crippen LogP contribution in [0.1, 0.15) is 29.7 Å². The van der Waals surface area contributed by atoms with Gasteiger partial charge in [-0.25, -0.2) is 9.50 Å². The normalized spacial score (nSPS) is 17.3. The Morgan fingerprint density at radius 2 is 1.93 bits per heavy atom. The van der Waals surface area contributed by atoms with Crippen LogP contribution < -0.4 is 10.5 Å². The molecule has 41 heavy (non-hydrogen) atoms. The van der Waals surface area contributed by atoms with E-state index in [1.807, 2.05) is 15.5 Å². The third kappa shape index (κ3) is 5.28. The summed E-state index contributed by atoms with van der Waals surface area (Å²) in [6, 6.07) is 6.35. The molecule has 2 fully saturated rings. The molecular formula is C29H35N7O4S. The number of anilines is 1. The van der Waals surface area contributed by atoms with Crippen LogP contribution in [0.3, 0.4) is 0 Å². The van der Waals surface area contributed by atoms with E-state index in [0.717, 1.165) is 61.6 Å². The summed E-state index contributed by atoms with van der Waals surface area (Å²) in [4.78, 5) is 36.5. The molecule has 1 amide bonds. The molecule has 216 valence electrons. The van der Waals surface area contributed by atoms with Crippen molar-refractivity contribution in [2.75, 3.05) is 59.3 Å². The first-order chi connectivity index (χ1) is 19.9. The largest absolute Gasteiger partial charge is 0.495 e. The number of rotatable bonds is 8. The third-order valence-corrected chi connectivity index (χ3v) is 9.10. The Bertz CT molecular complexity index is 1630. The van der Waals surface area contributed by atoms with Crippen molar-refractivity contribution in [2.45, 2.75) is 32.9 Å². The van der Waals surface area contributed by atoms with Crippen molar-refractivity contribution in [3.8, 4) is 16.2 Å². The van der Waals surface area contributed by atoms with E-state index in [1.54, 1.807) is 25.6 Å². The van der Waals surface area contributed by atoms with E-state index in [0.29, 0.717) is 51.7 Å². The number of piperazine rings is 1. The number of benzene rings is 1. The standard InChI is InChI=1S/C29H35N7O4S/c1-18-9-19-11-24(41-28(19)23(10-18)40-3)26-21(15-39-2)22(36-27(26)29(30)31-16-32-36)13-33-7-8-35(25(38)14-33)17-34-6-4-5-20(37)12-34/h9-11,16H,4-8,12-15,17H2,1-3H3,(H2,30,31,32). The highest BCUT2D eigenvalue weighted by Crippen LogP contribution is 2.44. The number of nitrogen functional groups attached to an aromatic ring is 1.